The van der Waals surface area contributed by atoms with Crippen LogP contribution in [0.25, 0.3) is 0 Å². The number of allylic oxidation sites excluding steroid dienone is 4. The molecule has 0 saturated carbocycles. The number of ether oxygens (including phenoxy) is 2. The molecule has 0 fully saturated rings. The van der Waals surface area contributed by atoms with Gasteiger partial charge in [-0.3, -0.25) is 0 Å². The lowest BCUT2D eigenvalue weighted by Gasteiger charge is -2.21. The Morgan fingerprint density at radius 3 is 1.96 bits per heavy atom. The number of unbranched alkanes of at least 4 members (excludes halogenated alkanes) is 2. The lowest BCUT2D eigenvalue weighted by Crippen LogP contribution is -2.12. The van der Waals surface area contributed by atoms with Crippen molar-refractivity contribution in [3.8, 4) is 0 Å². The Bertz CT molecular complexity index is 334. The van der Waals surface area contributed by atoms with E-state index in [-0.39, 0.29) is 0 Å². The van der Waals surface area contributed by atoms with Crippen molar-refractivity contribution in [1.29, 1.82) is 0 Å². The summed E-state index contributed by atoms with van der Waals surface area (Å²) >= 11 is 0. The fourth-order valence-electron chi connectivity index (χ4n) is 2.82. The zero-order valence-electron chi connectivity index (χ0n) is 16.3. The summed E-state index contributed by atoms with van der Waals surface area (Å²) in [7, 11) is 0. The summed E-state index contributed by atoms with van der Waals surface area (Å²) in [5.41, 5.74) is 0. The van der Waals surface area contributed by atoms with Crippen molar-refractivity contribution in [2.24, 2.45) is 11.8 Å². The zero-order chi connectivity index (χ0) is 17.6. The maximum atomic E-state index is 5.92. The Labute approximate surface area is 150 Å². The summed E-state index contributed by atoms with van der Waals surface area (Å²) in [5, 5.41) is 0. The number of hydrogen-bond donors (Lipinski definition) is 0. The van der Waals surface area contributed by atoms with Gasteiger partial charge in [0.15, 0.2) is 0 Å². The smallest absolute Gasteiger partial charge is 0.105 e. The minimum atomic E-state index is 0.651. The minimum Gasteiger partial charge on any atom is -0.497 e. The molecule has 0 aromatic rings. The third-order valence-corrected chi connectivity index (χ3v) is 4.84. The summed E-state index contributed by atoms with van der Waals surface area (Å²) < 4.78 is 11.8. The Morgan fingerprint density at radius 2 is 1.50 bits per heavy atom. The molecule has 1 aliphatic rings. The van der Waals surface area contributed by atoms with Gasteiger partial charge in [-0.1, -0.05) is 66.2 Å². The summed E-state index contributed by atoms with van der Waals surface area (Å²) in [5.74, 6) is 3.04. The van der Waals surface area contributed by atoms with Gasteiger partial charge in [-0.25, -0.2) is 0 Å². The highest BCUT2D eigenvalue weighted by atomic mass is 16.5. The van der Waals surface area contributed by atoms with Crippen molar-refractivity contribution in [3.05, 3.63) is 30.1 Å². The molecule has 0 N–H and O–H groups in total. The SMILES string of the molecule is CCCCC(CC)COC1=[C]C=C(OCC(CC)CCCC)[C]C1. The molecule has 0 heterocycles. The fourth-order valence-corrected chi connectivity index (χ4v) is 2.82. The van der Waals surface area contributed by atoms with Gasteiger partial charge in [0.2, 0.25) is 0 Å². The van der Waals surface area contributed by atoms with Gasteiger partial charge in [-0.15, -0.1) is 0 Å². The predicted octanol–water partition coefficient (Wildman–Crippen LogP) is 6.51. The highest BCUT2D eigenvalue weighted by Crippen LogP contribution is 2.23. The van der Waals surface area contributed by atoms with Crippen molar-refractivity contribution < 1.29 is 9.47 Å². The Morgan fingerprint density at radius 1 is 0.917 bits per heavy atom. The van der Waals surface area contributed by atoms with Crippen LogP contribution in [0, 0.1) is 24.3 Å². The molecule has 0 amide bonds. The normalized spacial score (nSPS) is 17.0. The summed E-state index contributed by atoms with van der Waals surface area (Å²) in [4.78, 5) is 0. The van der Waals surface area contributed by atoms with Crippen LogP contribution in [0.1, 0.15) is 85.5 Å². The van der Waals surface area contributed by atoms with E-state index in [0.29, 0.717) is 18.3 Å². The van der Waals surface area contributed by atoms with Crippen LogP contribution in [0.4, 0.5) is 0 Å². The van der Waals surface area contributed by atoms with Crippen molar-refractivity contribution >= 4 is 0 Å². The molecule has 3 radical (unpaired) electrons. The first-order chi connectivity index (χ1) is 11.7. The average molecular weight is 334 g/mol. The third-order valence-electron chi connectivity index (χ3n) is 4.84. The molecule has 137 valence electrons. The molecule has 0 aliphatic heterocycles. The van der Waals surface area contributed by atoms with E-state index >= 15 is 0 Å². The van der Waals surface area contributed by atoms with Gasteiger partial charge in [0.25, 0.3) is 0 Å². The standard InChI is InChI=1S/C22H37O2/c1-5-9-11-19(7-3)17-23-21-13-15-22(16-14-21)24-18-20(8-4)12-10-6-2/h13,19-20H,5-12,16-18H2,1-4H3. The third kappa shape index (κ3) is 8.80. The van der Waals surface area contributed by atoms with Crippen molar-refractivity contribution in [3.63, 3.8) is 0 Å². The van der Waals surface area contributed by atoms with E-state index in [1.807, 2.05) is 6.08 Å². The summed E-state index contributed by atoms with van der Waals surface area (Å²) in [6, 6.07) is 0. The molecule has 2 atom stereocenters. The second-order valence-corrected chi connectivity index (χ2v) is 6.88. The number of hydrogen-bond acceptors (Lipinski definition) is 2. The van der Waals surface area contributed by atoms with Crippen LogP contribution < -0.4 is 0 Å². The second-order valence-electron chi connectivity index (χ2n) is 6.88. The van der Waals surface area contributed by atoms with Crippen LogP contribution in [0.2, 0.25) is 0 Å². The van der Waals surface area contributed by atoms with Crippen LogP contribution in [0.3, 0.4) is 0 Å². The van der Waals surface area contributed by atoms with Crippen LogP contribution in [-0.2, 0) is 9.47 Å². The molecule has 24 heavy (non-hydrogen) atoms. The number of rotatable bonds is 14. The van der Waals surface area contributed by atoms with E-state index in [2.05, 4.69) is 40.2 Å². The maximum absolute atomic E-state index is 5.92. The van der Waals surface area contributed by atoms with E-state index in [1.54, 1.807) is 0 Å². The molecule has 0 spiro atoms. The van der Waals surface area contributed by atoms with Gasteiger partial charge in [-0.05, 0) is 30.8 Å². The van der Waals surface area contributed by atoms with Gasteiger partial charge in [0.1, 0.15) is 11.5 Å². The van der Waals surface area contributed by atoms with Crippen molar-refractivity contribution in [2.45, 2.75) is 85.5 Å². The van der Waals surface area contributed by atoms with E-state index in [4.69, 9.17) is 9.47 Å². The predicted molar refractivity (Wildman–Crippen MR) is 101 cm³/mol. The van der Waals surface area contributed by atoms with Gasteiger partial charge in [0.05, 0.1) is 19.6 Å². The van der Waals surface area contributed by atoms with E-state index in [9.17, 15) is 0 Å². The van der Waals surface area contributed by atoms with Crippen LogP contribution in [0.15, 0.2) is 17.6 Å². The molecule has 0 saturated heterocycles. The Balaban J connectivity index is 2.32. The van der Waals surface area contributed by atoms with E-state index in [0.717, 1.165) is 24.7 Å². The zero-order valence-corrected chi connectivity index (χ0v) is 16.3. The minimum absolute atomic E-state index is 0.651. The molecular formula is C22H37O2. The van der Waals surface area contributed by atoms with E-state index in [1.165, 1.54) is 51.4 Å². The fraction of sp³-hybridized carbons (Fsp3) is 0.773. The molecule has 0 aromatic carbocycles. The molecule has 2 unspecified atom stereocenters. The highest BCUT2D eigenvalue weighted by Gasteiger charge is 2.14. The van der Waals surface area contributed by atoms with E-state index < -0.39 is 0 Å². The first kappa shape index (κ1) is 21.1. The molecule has 0 bridgehead atoms. The van der Waals surface area contributed by atoms with Crippen molar-refractivity contribution in [2.75, 3.05) is 13.2 Å². The van der Waals surface area contributed by atoms with Crippen molar-refractivity contribution in [1.82, 2.24) is 0 Å². The topological polar surface area (TPSA) is 18.5 Å². The average Bonchev–Trinajstić information content (AvgIpc) is 2.63. The Hall–Kier alpha value is -0.920. The Kier molecular flexibility index (Phi) is 11.8. The second kappa shape index (κ2) is 13.4. The van der Waals surface area contributed by atoms with Crippen LogP contribution in [0.5, 0.6) is 0 Å². The molecular weight excluding hydrogens is 296 g/mol. The van der Waals surface area contributed by atoms with Gasteiger partial charge in [-0.2, -0.15) is 0 Å². The monoisotopic (exact) mass is 333 g/mol. The lowest BCUT2D eigenvalue weighted by molar-refractivity contribution is 0.139. The molecule has 0 aromatic heterocycles. The molecule has 1 aliphatic carbocycles. The maximum Gasteiger partial charge on any atom is 0.105 e. The van der Waals surface area contributed by atoms with Gasteiger partial charge >= 0.3 is 0 Å². The molecule has 1 rings (SSSR count). The lowest BCUT2D eigenvalue weighted by atomic mass is 10.0. The van der Waals surface area contributed by atoms with Gasteiger partial charge < -0.3 is 9.47 Å². The van der Waals surface area contributed by atoms with Crippen LogP contribution >= 0.6 is 0 Å². The first-order valence-corrected chi connectivity index (χ1v) is 10.0. The molecule has 2 heteroatoms. The summed E-state index contributed by atoms with van der Waals surface area (Å²) in [6.45, 7) is 10.6. The quantitative estimate of drug-likeness (QED) is 0.361. The molecule has 2 nitrogen and oxygen atoms in total. The van der Waals surface area contributed by atoms with Gasteiger partial charge in [0, 0.05) is 12.5 Å². The van der Waals surface area contributed by atoms with Crippen LogP contribution in [-0.4, -0.2) is 13.2 Å². The first-order valence-electron chi connectivity index (χ1n) is 10.0. The largest absolute Gasteiger partial charge is 0.497 e. The highest BCUT2D eigenvalue weighted by molar-refractivity contribution is 5.20. The summed E-state index contributed by atoms with van der Waals surface area (Å²) in [6.07, 6.45) is 19.1.